The second-order valence-electron chi connectivity index (χ2n) is 3.89. The molecule has 2 N–H and O–H groups in total. The molecule has 1 rings (SSSR count). The molecule has 8 heteroatoms. The molecule has 0 atom stereocenters. The fourth-order valence-corrected chi connectivity index (χ4v) is 1.13. The van der Waals surface area contributed by atoms with Crippen molar-refractivity contribution in [1.82, 2.24) is 0 Å². The van der Waals surface area contributed by atoms with E-state index < -0.39 is 23.5 Å². The molecule has 0 spiro atoms. The summed E-state index contributed by atoms with van der Waals surface area (Å²) in [7, 11) is 1.11. The van der Waals surface area contributed by atoms with Crippen molar-refractivity contribution >= 4 is 18.4 Å². The van der Waals surface area contributed by atoms with Crippen LogP contribution < -0.4 is 0 Å². The minimum absolute atomic E-state index is 0.0759. The van der Waals surface area contributed by atoms with Gasteiger partial charge in [-0.25, -0.2) is 9.59 Å². The highest BCUT2D eigenvalue weighted by atomic mass is 16.6. The number of carbonyl (C=O) groups is 3. The largest absolute Gasteiger partial charge is 0.508 e. The fraction of sp³-hybridized carbons (Fsp3) is 0.267. The van der Waals surface area contributed by atoms with Gasteiger partial charge in [-0.2, -0.15) is 0 Å². The van der Waals surface area contributed by atoms with Crippen molar-refractivity contribution in [3.8, 4) is 0 Å². The summed E-state index contributed by atoms with van der Waals surface area (Å²) in [5, 5.41) is 17.0. The van der Waals surface area contributed by atoms with Gasteiger partial charge in [-0.1, -0.05) is 18.2 Å². The molecule has 0 aliphatic heterocycles. The van der Waals surface area contributed by atoms with Crippen LogP contribution >= 0.6 is 0 Å². The SMILES string of the molecule is COC(=O)/C(O)=C(/C)O.O=COCCOC(=O)c1ccccc1. The Morgan fingerprint density at radius 2 is 1.74 bits per heavy atom. The van der Waals surface area contributed by atoms with Crippen LogP contribution in [0.5, 0.6) is 0 Å². The summed E-state index contributed by atoms with van der Waals surface area (Å²) in [5.74, 6) is -2.55. The van der Waals surface area contributed by atoms with E-state index in [0.29, 0.717) is 12.0 Å². The lowest BCUT2D eigenvalue weighted by atomic mass is 10.2. The molecule has 0 heterocycles. The molecule has 0 amide bonds. The molecule has 126 valence electrons. The Morgan fingerprint density at radius 1 is 1.13 bits per heavy atom. The Bertz CT molecular complexity index is 532. The number of esters is 2. The molecule has 0 radical (unpaired) electrons. The van der Waals surface area contributed by atoms with Gasteiger partial charge in [0.2, 0.25) is 5.76 Å². The third-order valence-corrected chi connectivity index (χ3v) is 2.23. The van der Waals surface area contributed by atoms with Crippen LogP contribution in [0.3, 0.4) is 0 Å². The van der Waals surface area contributed by atoms with Gasteiger partial charge in [-0.05, 0) is 19.1 Å². The molecular weight excluding hydrogens is 308 g/mol. The molecule has 0 unspecified atom stereocenters. The topological polar surface area (TPSA) is 119 Å². The number of ether oxygens (including phenoxy) is 3. The Hall–Kier alpha value is -3.03. The lowest BCUT2D eigenvalue weighted by Gasteiger charge is -2.02. The number of benzene rings is 1. The lowest BCUT2D eigenvalue weighted by molar-refractivity contribution is -0.139. The summed E-state index contributed by atoms with van der Waals surface area (Å²) in [6, 6.07) is 8.62. The summed E-state index contributed by atoms with van der Waals surface area (Å²) in [6.45, 7) is 1.66. The van der Waals surface area contributed by atoms with Crippen LogP contribution in [-0.2, 0) is 23.8 Å². The van der Waals surface area contributed by atoms with E-state index in [4.69, 9.17) is 14.9 Å². The first-order valence-electron chi connectivity index (χ1n) is 6.38. The molecule has 0 saturated carbocycles. The maximum Gasteiger partial charge on any atom is 0.376 e. The smallest absolute Gasteiger partial charge is 0.376 e. The molecule has 0 aromatic heterocycles. The first kappa shape index (κ1) is 20.0. The van der Waals surface area contributed by atoms with Gasteiger partial charge >= 0.3 is 11.9 Å². The molecule has 1 aromatic carbocycles. The van der Waals surface area contributed by atoms with Crippen LogP contribution in [-0.4, -0.2) is 48.9 Å². The van der Waals surface area contributed by atoms with Crippen LogP contribution in [0.4, 0.5) is 0 Å². The van der Waals surface area contributed by atoms with Crippen molar-refractivity contribution in [2.75, 3.05) is 20.3 Å². The van der Waals surface area contributed by atoms with Crippen LogP contribution in [0.2, 0.25) is 0 Å². The summed E-state index contributed by atoms with van der Waals surface area (Å²) < 4.78 is 13.2. The van der Waals surface area contributed by atoms with Crippen molar-refractivity contribution in [1.29, 1.82) is 0 Å². The van der Waals surface area contributed by atoms with Gasteiger partial charge in [-0.15, -0.1) is 0 Å². The summed E-state index contributed by atoms with van der Waals surface area (Å²) in [6.07, 6.45) is 0. The predicted molar refractivity (Wildman–Crippen MR) is 78.7 cm³/mol. The average Bonchev–Trinajstić information content (AvgIpc) is 2.58. The van der Waals surface area contributed by atoms with E-state index in [1.54, 1.807) is 24.3 Å². The number of methoxy groups -OCH3 is 1. The van der Waals surface area contributed by atoms with Gasteiger partial charge in [0.15, 0.2) is 0 Å². The lowest BCUT2D eigenvalue weighted by Crippen LogP contribution is -2.10. The number of hydrogen-bond acceptors (Lipinski definition) is 8. The van der Waals surface area contributed by atoms with E-state index in [0.717, 1.165) is 7.11 Å². The maximum atomic E-state index is 11.2. The fourth-order valence-electron chi connectivity index (χ4n) is 1.13. The van der Waals surface area contributed by atoms with Gasteiger partial charge in [0.25, 0.3) is 6.47 Å². The molecule has 0 saturated heterocycles. The van der Waals surface area contributed by atoms with Crippen molar-refractivity contribution in [2.24, 2.45) is 0 Å². The van der Waals surface area contributed by atoms with Crippen molar-refractivity contribution in [3.63, 3.8) is 0 Å². The zero-order valence-electron chi connectivity index (χ0n) is 12.7. The van der Waals surface area contributed by atoms with Crippen LogP contribution in [0.25, 0.3) is 0 Å². The van der Waals surface area contributed by atoms with Crippen LogP contribution in [0.1, 0.15) is 17.3 Å². The van der Waals surface area contributed by atoms with Crippen LogP contribution in [0.15, 0.2) is 41.9 Å². The first-order chi connectivity index (χ1) is 10.9. The summed E-state index contributed by atoms with van der Waals surface area (Å²) in [5.41, 5.74) is 0.485. The number of rotatable bonds is 6. The van der Waals surface area contributed by atoms with Gasteiger partial charge in [0.1, 0.15) is 19.0 Å². The Balaban J connectivity index is 0.000000468. The van der Waals surface area contributed by atoms with Gasteiger partial charge in [-0.3, -0.25) is 4.79 Å². The third kappa shape index (κ3) is 8.76. The van der Waals surface area contributed by atoms with Crippen molar-refractivity contribution < 1.29 is 38.8 Å². The van der Waals surface area contributed by atoms with Gasteiger partial charge in [0.05, 0.1) is 12.7 Å². The van der Waals surface area contributed by atoms with Gasteiger partial charge < -0.3 is 24.4 Å². The molecule has 0 aliphatic rings. The van der Waals surface area contributed by atoms with Crippen molar-refractivity contribution in [3.05, 3.63) is 47.4 Å². The van der Waals surface area contributed by atoms with E-state index >= 15 is 0 Å². The number of aliphatic hydroxyl groups is 2. The van der Waals surface area contributed by atoms with Crippen LogP contribution in [0, 0.1) is 0 Å². The normalized spacial score (nSPS) is 10.3. The Labute approximate surface area is 132 Å². The molecule has 0 aliphatic carbocycles. The standard InChI is InChI=1S/C10H10O4.C5H8O4/c11-8-13-6-7-14-10(12)9-4-2-1-3-5-9;1-3(6)4(7)5(8)9-2/h1-5,8H,6-7H2;6-7H,1-2H3/b;4-3+. The monoisotopic (exact) mass is 326 g/mol. The summed E-state index contributed by atoms with van der Waals surface area (Å²) >= 11 is 0. The first-order valence-corrected chi connectivity index (χ1v) is 6.38. The second kappa shape index (κ2) is 11.6. The average molecular weight is 326 g/mol. The minimum atomic E-state index is -0.935. The molecule has 0 fully saturated rings. The number of hydrogen-bond donors (Lipinski definition) is 2. The highest BCUT2D eigenvalue weighted by Gasteiger charge is 2.09. The Morgan fingerprint density at radius 3 is 2.17 bits per heavy atom. The van der Waals surface area contributed by atoms with Crippen molar-refractivity contribution in [2.45, 2.75) is 6.92 Å². The maximum absolute atomic E-state index is 11.2. The molecular formula is C15H18O8. The van der Waals surface area contributed by atoms with E-state index in [1.807, 2.05) is 6.07 Å². The summed E-state index contributed by atoms with van der Waals surface area (Å²) in [4.78, 5) is 31.3. The van der Waals surface area contributed by atoms with E-state index in [1.165, 1.54) is 6.92 Å². The van der Waals surface area contributed by atoms with E-state index in [-0.39, 0.29) is 13.2 Å². The van der Waals surface area contributed by atoms with E-state index in [2.05, 4.69) is 9.47 Å². The molecule has 0 bridgehead atoms. The van der Waals surface area contributed by atoms with Gasteiger partial charge in [0, 0.05) is 0 Å². The molecule has 8 nitrogen and oxygen atoms in total. The highest BCUT2D eigenvalue weighted by Crippen LogP contribution is 2.00. The third-order valence-electron chi connectivity index (χ3n) is 2.23. The second-order valence-corrected chi connectivity index (χ2v) is 3.89. The minimum Gasteiger partial charge on any atom is -0.508 e. The highest BCUT2D eigenvalue weighted by molar-refractivity contribution is 5.89. The quantitative estimate of drug-likeness (QED) is 0.202. The molecule has 1 aromatic rings. The zero-order valence-corrected chi connectivity index (χ0v) is 12.7. The number of aliphatic hydroxyl groups excluding tert-OH is 2. The number of allylic oxidation sites excluding steroid dienone is 1. The molecule has 23 heavy (non-hydrogen) atoms. The number of carbonyl (C=O) groups excluding carboxylic acids is 3. The Kier molecular flexibility index (Phi) is 10.1. The predicted octanol–water partition coefficient (Wildman–Crippen LogP) is 1.52. The van der Waals surface area contributed by atoms with E-state index in [9.17, 15) is 14.4 Å². The zero-order chi connectivity index (χ0) is 17.7.